The van der Waals surface area contributed by atoms with Crippen LogP contribution in [0.3, 0.4) is 0 Å². The van der Waals surface area contributed by atoms with E-state index in [1.807, 2.05) is 0 Å². The summed E-state index contributed by atoms with van der Waals surface area (Å²) in [6, 6.07) is 0. The van der Waals surface area contributed by atoms with E-state index in [0.29, 0.717) is 38.4 Å². The van der Waals surface area contributed by atoms with Gasteiger partial charge in [-0.15, -0.1) is 0 Å². The SMILES string of the molecule is O=C(O)C1CCC(O)(COC2CCCCC2)CC1. The van der Waals surface area contributed by atoms with Crippen molar-refractivity contribution in [2.75, 3.05) is 6.61 Å². The molecule has 0 aromatic carbocycles. The Hall–Kier alpha value is -0.610. The highest BCUT2D eigenvalue weighted by atomic mass is 16.5. The molecule has 0 aromatic rings. The predicted molar refractivity (Wildman–Crippen MR) is 67.4 cm³/mol. The third kappa shape index (κ3) is 3.69. The van der Waals surface area contributed by atoms with Gasteiger partial charge in [0.15, 0.2) is 0 Å². The van der Waals surface area contributed by atoms with Crippen LogP contribution < -0.4 is 0 Å². The van der Waals surface area contributed by atoms with Gasteiger partial charge in [-0.2, -0.15) is 0 Å². The van der Waals surface area contributed by atoms with E-state index in [4.69, 9.17) is 9.84 Å². The quantitative estimate of drug-likeness (QED) is 0.810. The standard InChI is InChI=1S/C14H24O4/c15-13(16)11-6-8-14(17,9-7-11)10-18-12-4-2-1-3-5-12/h11-12,17H,1-10H2,(H,15,16). The summed E-state index contributed by atoms with van der Waals surface area (Å²) in [6.07, 6.45) is 8.51. The zero-order valence-electron chi connectivity index (χ0n) is 10.9. The number of ether oxygens (including phenoxy) is 1. The molecule has 2 fully saturated rings. The van der Waals surface area contributed by atoms with Crippen LogP contribution in [0.4, 0.5) is 0 Å². The lowest BCUT2D eigenvalue weighted by molar-refractivity contribution is -0.147. The first-order chi connectivity index (χ1) is 8.59. The van der Waals surface area contributed by atoms with E-state index in [2.05, 4.69) is 0 Å². The Morgan fingerprint density at radius 2 is 1.72 bits per heavy atom. The summed E-state index contributed by atoms with van der Waals surface area (Å²) in [4.78, 5) is 10.9. The molecule has 0 atom stereocenters. The van der Waals surface area contributed by atoms with Crippen LogP contribution in [0.2, 0.25) is 0 Å². The molecule has 2 saturated carbocycles. The minimum Gasteiger partial charge on any atom is -0.481 e. The number of carboxylic acid groups (broad SMARTS) is 1. The third-order valence-electron chi connectivity index (χ3n) is 4.41. The van der Waals surface area contributed by atoms with Crippen LogP contribution in [0, 0.1) is 5.92 Å². The van der Waals surface area contributed by atoms with Crippen molar-refractivity contribution in [1.29, 1.82) is 0 Å². The Labute approximate surface area is 108 Å². The van der Waals surface area contributed by atoms with Crippen LogP contribution in [0.25, 0.3) is 0 Å². The van der Waals surface area contributed by atoms with Gasteiger partial charge in [0.2, 0.25) is 0 Å². The molecule has 2 aliphatic rings. The molecule has 18 heavy (non-hydrogen) atoms. The second-order valence-corrected chi connectivity index (χ2v) is 5.91. The molecule has 0 heterocycles. The molecular formula is C14H24O4. The number of hydrogen-bond donors (Lipinski definition) is 2. The predicted octanol–water partition coefficient (Wildman–Crippen LogP) is 2.34. The third-order valence-corrected chi connectivity index (χ3v) is 4.41. The second-order valence-electron chi connectivity index (χ2n) is 5.91. The first kappa shape index (κ1) is 13.8. The fourth-order valence-corrected chi connectivity index (χ4v) is 3.05. The van der Waals surface area contributed by atoms with E-state index in [-0.39, 0.29) is 5.92 Å². The molecule has 4 heteroatoms. The fraction of sp³-hybridized carbons (Fsp3) is 0.929. The number of rotatable bonds is 4. The molecule has 0 unspecified atom stereocenters. The molecule has 2 rings (SSSR count). The van der Waals surface area contributed by atoms with E-state index in [1.54, 1.807) is 0 Å². The van der Waals surface area contributed by atoms with Gasteiger partial charge in [-0.25, -0.2) is 0 Å². The van der Waals surface area contributed by atoms with Crippen LogP contribution >= 0.6 is 0 Å². The highest BCUT2D eigenvalue weighted by Gasteiger charge is 2.36. The largest absolute Gasteiger partial charge is 0.481 e. The lowest BCUT2D eigenvalue weighted by atomic mass is 9.79. The number of carbonyl (C=O) groups is 1. The van der Waals surface area contributed by atoms with E-state index >= 15 is 0 Å². The Kier molecular flexibility index (Phi) is 4.62. The Bertz CT molecular complexity index is 276. The molecule has 0 saturated heterocycles. The summed E-state index contributed by atoms with van der Waals surface area (Å²) >= 11 is 0. The van der Waals surface area contributed by atoms with Crippen molar-refractivity contribution >= 4 is 5.97 Å². The maximum atomic E-state index is 10.9. The van der Waals surface area contributed by atoms with Crippen molar-refractivity contribution in [3.05, 3.63) is 0 Å². The molecule has 104 valence electrons. The Balaban J connectivity index is 1.73. The van der Waals surface area contributed by atoms with E-state index in [0.717, 1.165) is 12.8 Å². The average Bonchev–Trinajstić information content (AvgIpc) is 2.38. The molecule has 0 bridgehead atoms. The van der Waals surface area contributed by atoms with Crippen molar-refractivity contribution < 1.29 is 19.7 Å². The molecule has 0 radical (unpaired) electrons. The fourth-order valence-electron chi connectivity index (χ4n) is 3.05. The van der Waals surface area contributed by atoms with Gasteiger partial charge >= 0.3 is 5.97 Å². The topological polar surface area (TPSA) is 66.8 Å². The summed E-state index contributed by atoms with van der Waals surface area (Å²) in [5.41, 5.74) is -0.788. The summed E-state index contributed by atoms with van der Waals surface area (Å²) in [6.45, 7) is 0.379. The Morgan fingerprint density at radius 1 is 1.11 bits per heavy atom. The van der Waals surface area contributed by atoms with Crippen LogP contribution in [-0.2, 0) is 9.53 Å². The summed E-state index contributed by atoms with van der Waals surface area (Å²) in [7, 11) is 0. The summed E-state index contributed by atoms with van der Waals surface area (Å²) in [5, 5.41) is 19.3. The second kappa shape index (κ2) is 6.02. The van der Waals surface area contributed by atoms with Gasteiger partial charge in [-0.3, -0.25) is 4.79 Å². The maximum absolute atomic E-state index is 10.9. The van der Waals surface area contributed by atoms with E-state index in [9.17, 15) is 9.90 Å². The number of carboxylic acids is 1. The van der Waals surface area contributed by atoms with E-state index < -0.39 is 11.6 Å². The van der Waals surface area contributed by atoms with Gasteiger partial charge in [-0.1, -0.05) is 19.3 Å². The van der Waals surface area contributed by atoms with Gasteiger partial charge < -0.3 is 14.9 Å². The molecule has 2 N–H and O–H groups in total. The van der Waals surface area contributed by atoms with Crippen molar-refractivity contribution in [1.82, 2.24) is 0 Å². The van der Waals surface area contributed by atoms with Gasteiger partial charge in [0, 0.05) is 0 Å². The first-order valence-electron chi connectivity index (χ1n) is 7.16. The Morgan fingerprint density at radius 3 is 2.28 bits per heavy atom. The number of hydrogen-bond acceptors (Lipinski definition) is 3. The lowest BCUT2D eigenvalue weighted by Gasteiger charge is -2.36. The first-order valence-corrected chi connectivity index (χ1v) is 7.16. The smallest absolute Gasteiger partial charge is 0.306 e. The van der Waals surface area contributed by atoms with Crippen molar-refractivity contribution in [2.24, 2.45) is 5.92 Å². The molecule has 2 aliphatic carbocycles. The minimum atomic E-state index is -0.788. The monoisotopic (exact) mass is 256 g/mol. The summed E-state index contributed by atoms with van der Waals surface area (Å²) < 4.78 is 5.82. The lowest BCUT2D eigenvalue weighted by Crippen LogP contribution is -2.41. The molecule has 0 aliphatic heterocycles. The van der Waals surface area contributed by atoms with Gasteiger partial charge in [0.1, 0.15) is 0 Å². The van der Waals surface area contributed by atoms with Crippen LogP contribution in [0.15, 0.2) is 0 Å². The highest BCUT2D eigenvalue weighted by molar-refractivity contribution is 5.70. The van der Waals surface area contributed by atoms with Crippen molar-refractivity contribution in [3.63, 3.8) is 0 Å². The molecular weight excluding hydrogens is 232 g/mol. The minimum absolute atomic E-state index is 0.278. The normalized spacial score (nSPS) is 34.4. The molecule has 0 aromatic heterocycles. The van der Waals surface area contributed by atoms with Gasteiger partial charge in [-0.05, 0) is 38.5 Å². The average molecular weight is 256 g/mol. The summed E-state index contributed by atoms with van der Waals surface area (Å²) in [5.74, 6) is -1.01. The number of aliphatic carboxylic acids is 1. The molecule has 0 spiro atoms. The van der Waals surface area contributed by atoms with Crippen molar-refractivity contribution in [3.8, 4) is 0 Å². The number of aliphatic hydroxyl groups is 1. The maximum Gasteiger partial charge on any atom is 0.306 e. The zero-order valence-corrected chi connectivity index (χ0v) is 10.9. The van der Waals surface area contributed by atoms with Crippen LogP contribution in [0.1, 0.15) is 57.8 Å². The molecule has 4 nitrogen and oxygen atoms in total. The zero-order chi connectivity index (χ0) is 13.0. The highest BCUT2D eigenvalue weighted by Crippen LogP contribution is 2.33. The van der Waals surface area contributed by atoms with E-state index in [1.165, 1.54) is 19.3 Å². The van der Waals surface area contributed by atoms with Crippen LogP contribution in [-0.4, -0.2) is 34.5 Å². The van der Waals surface area contributed by atoms with Crippen LogP contribution in [0.5, 0.6) is 0 Å². The van der Waals surface area contributed by atoms with Gasteiger partial charge in [0.05, 0.1) is 24.2 Å². The molecule has 0 amide bonds. The van der Waals surface area contributed by atoms with Crippen molar-refractivity contribution in [2.45, 2.75) is 69.5 Å². The van der Waals surface area contributed by atoms with Gasteiger partial charge in [0.25, 0.3) is 0 Å².